The van der Waals surface area contributed by atoms with Crippen molar-refractivity contribution in [1.82, 2.24) is 0 Å². The SMILES string of the molecule is CC1(C)CCC[C@@]2(C)CC(=O)C[C@@H]12. The summed E-state index contributed by atoms with van der Waals surface area (Å²) in [7, 11) is 0. The zero-order valence-electron chi connectivity index (χ0n) is 9.02. The first-order valence-corrected chi connectivity index (χ1v) is 5.46. The van der Waals surface area contributed by atoms with Crippen molar-refractivity contribution in [1.29, 1.82) is 0 Å². The molecule has 0 amide bonds. The molecular weight excluding hydrogens is 160 g/mol. The van der Waals surface area contributed by atoms with Gasteiger partial charge in [-0.1, -0.05) is 27.2 Å². The highest BCUT2D eigenvalue weighted by atomic mass is 16.1. The zero-order chi connectivity index (χ0) is 9.69. The second-order valence-electron chi connectivity index (χ2n) is 5.97. The van der Waals surface area contributed by atoms with Gasteiger partial charge >= 0.3 is 0 Å². The molecule has 0 aromatic carbocycles. The van der Waals surface area contributed by atoms with E-state index in [0.29, 0.717) is 22.5 Å². The van der Waals surface area contributed by atoms with Crippen molar-refractivity contribution in [2.24, 2.45) is 16.7 Å². The van der Waals surface area contributed by atoms with Crippen LogP contribution >= 0.6 is 0 Å². The molecule has 2 aliphatic rings. The predicted molar refractivity (Wildman–Crippen MR) is 53.5 cm³/mol. The van der Waals surface area contributed by atoms with Gasteiger partial charge < -0.3 is 0 Å². The normalized spacial score (nSPS) is 43.3. The number of hydrogen-bond donors (Lipinski definition) is 0. The molecule has 0 aliphatic heterocycles. The van der Waals surface area contributed by atoms with Gasteiger partial charge in [0, 0.05) is 12.8 Å². The molecule has 0 heterocycles. The standard InChI is InChI=1S/C12H20O/c1-11(2)5-4-6-12(3)8-9(13)7-10(11)12/h10H,4-8H2,1-3H3/t10-,12-/m0/s1. The average molecular weight is 180 g/mol. The predicted octanol–water partition coefficient (Wildman–Crippen LogP) is 3.18. The Morgan fingerprint density at radius 2 is 1.92 bits per heavy atom. The fourth-order valence-corrected chi connectivity index (χ4v) is 3.72. The monoisotopic (exact) mass is 180 g/mol. The van der Waals surface area contributed by atoms with E-state index >= 15 is 0 Å². The van der Waals surface area contributed by atoms with Gasteiger partial charge in [0.05, 0.1) is 0 Å². The van der Waals surface area contributed by atoms with Crippen molar-refractivity contribution in [3.8, 4) is 0 Å². The summed E-state index contributed by atoms with van der Waals surface area (Å²) in [6.45, 7) is 7.00. The molecule has 0 bridgehead atoms. The molecule has 1 heteroatoms. The van der Waals surface area contributed by atoms with E-state index in [1.807, 2.05) is 0 Å². The summed E-state index contributed by atoms with van der Waals surface area (Å²) in [5.74, 6) is 1.16. The van der Waals surface area contributed by atoms with E-state index in [4.69, 9.17) is 0 Å². The summed E-state index contributed by atoms with van der Waals surface area (Å²) >= 11 is 0. The van der Waals surface area contributed by atoms with Gasteiger partial charge in [0.15, 0.2) is 0 Å². The summed E-state index contributed by atoms with van der Waals surface area (Å²) in [6, 6.07) is 0. The Morgan fingerprint density at radius 3 is 2.54 bits per heavy atom. The van der Waals surface area contributed by atoms with Gasteiger partial charge in [-0.25, -0.2) is 0 Å². The van der Waals surface area contributed by atoms with Crippen LogP contribution in [0.15, 0.2) is 0 Å². The van der Waals surface area contributed by atoms with E-state index in [0.717, 1.165) is 12.8 Å². The van der Waals surface area contributed by atoms with Crippen molar-refractivity contribution >= 4 is 5.78 Å². The lowest BCUT2D eigenvalue weighted by molar-refractivity contribution is -0.118. The van der Waals surface area contributed by atoms with Crippen LogP contribution in [0.25, 0.3) is 0 Å². The van der Waals surface area contributed by atoms with Crippen LogP contribution in [0.5, 0.6) is 0 Å². The minimum Gasteiger partial charge on any atom is -0.300 e. The minimum atomic E-state index is 0.346. The summed E-state index contributed by atoms with van der Waals surface area (Å²) in [6.07, 6.45) is 5.59. The van der Waals surface area contributed by atoms with Gasteiger partial charge in [0.2, 0.25) is 0 Å². The van der Waals surface area contributed by atoms with Crippen LogP contribution in [0.3, 0.4) is 0 Å². The first kappa shape index (κ1) is 9.23. The summed E-state index contributed by atoms with van der Waals surface area (Å²) in [5, 5.41) is 0. The fraction of sp³-hybridized carbons (Fsp3) is 0.917. The summed E-state index contributed by atoms with van der Waals surface area (Å²) < 4.78 is 0. The first-order chi connectivity index (χ1) is 5.94. The van der Waals surface area contributed by atoms with Crippen LogP contribution in [0.1, 0.15) is 52.9 Å². The van der Waals surface area contributed by atoms with Gasteiger partial charge in [0.1, 0.15) is 5.78 Å². The molecule has 74 valence electrons. The van der Waals surface area contributed by atoms with Gasteiger partial charge in [0.25, 0.3) is 0 Å². The Morgan fingerprint density at radius 1 is 1.23 bits per heavy atom. The van der Waals surface area contributed by atoms with Crippen LogP contribution in [0.2, 0.25) is 0 Å². The van der Waals surface area contributed by atoms with Crippen molar-refractivity contribution in [2.75, 3.05) is 0 Å². The molecule has 0 aromatic rings. The van der Waals surface area contributed by atoms with E-state index in [2.05, 4.69) is 20.8 Å². The fourth-order valence-electron chi connectivity index (χ4n) is 3.72. The quantitative estimate of drug-likeness (QED) is 0.559. The molecule has 1 nitrogen and oxygen atoms in total. The van der Waals surface area contributed by atoms with Gasteiger partial charge in [-0.05, 0) is 29.6 Å². The highest BCUT2D eigenvalue weighted by molar-refractivity contribution is 5.82. The molecule has 0 aromatic heterocycles. The molecule has 2 aliphatic carbocycles. The van der Waals surface area contributed by atoms with Crippen molar-refractivity contribution in [3.63, 3.8) is 0 Å². The average Bonchev–Trinajstić information content (AvgIpc) is 2.25. The maximum absolute atomic E-state index is 11.5. The van der Waals surface area contributed by atoms with Crippen LogP contribution in [-0.2, 0) is 4.79 Å². The maximum atomic E-state index is 11.5. The number of rotatable bonds is 0. The lowest BCUT2D eigenvalue weighted by atomic mass is 9.58. The van der Waals surface area contributed by atoms with E-state index < -0.39 is 0 Å². The van der Waals surface area contributed by atoms with E-state index in [-0.39, 0.29) is 0 Å². The maximum Gasteiger partial charge on any atom is 0.133 e. The van der Waals surface area contributed by atoms with Crippen LogP contribution in [0.4, 0.5) is 0 Å². The first-order valence-electron chi connectivity index (χ1n) is 5.46. The molecule has 0 N–H and O–H groups in total. The third-order valence-electron chi connectivity index (χ3n) is 4.39. The smallest absolute Gasteiger partial charge is 0.133 e. The molecule has 13 heavy (non-hydrogen) atoms. The zero-order valence-corrected chi connectivity index (χ0v) is 9.02. The van der Waals surface area contributed by atoms with E-state index in [1.165, 1.54) is 19.3 Å². The van der Waals surface area contributed by atoms with Crippen LogP contribution < -0.4 is 0 Å². The Kier molecular flexibility index (Phi) is 1.84. The van der Waals surface area contributed by atoms with Gasteiger partial charge in [-0.15, -0.1) is 0 Å². The highest BCUT2D eigenvalue weighted by Gasteiger charge is 2.51. The van der Waals surface area contributed by atoms with Crippen molar-refractivity contribution in [3.05, 3.63) is 0 Å². The number of Topliss-reactive ketones (excluding diaryl/α,β-unsaturated/α-hetero) is 1. The second kappa shape index (κ2) is 2.59. The van der Waals surface area contributed by atoms with Crippen molar-refractivity contribution < 1.29 is 4.79 Å². The Hall–Kier alpha value is -0.330. The Balaban J connectivity index is 2.30. The molecule has 2 atom stereocenters. The van der Waals surface area contributed by atoms with Crippen molar-refractivity contribution in [2.45, 2.75) is 52.9 Å². The Labute approximate surface area is 80.9 Å². The number of carbonyl (C=O) groups is 1. The number of carbonyl (C=O) groups excluding carboxylic acids is 1. The molecule has 0 saturated heterocycles. The lowest BCUT2D eigenvalue weighted by Gasteiger charge is -2.46. The molecule has 0 unspecified atom stereocenters. The summed E-state index contributed by atoms with van der Waals surface area (Å²) in [4.78, 5) is 11.5. The molecule has 0 radical (unpaired) electrons. The largest absolute Gasteiger partial charge is 0.300 e. The number of ketones is 1. The topological polar surface area (TPSA) is 17.1 Å². The van der Waals surface area contributed by atoms with E-state index in [1.54, 1.807) is 0 Å². The van der Waals surface area contributed by atoms with Gasteiger partial charge in [-0.3, -0.25) is 4.79 Å². The number of fused-ring (bicyclic) bond motifs is 1. The molecule has 0 spiro atoms. The van der Waals surface area contributed by atoms with Crippen LogP contribution in [-0.4, -0.2) is 5.78 Å². The highest BCUT2D eigenvalue weighted by Crippen LogP contribution is 2.57. The second-order valence-corrected chi connectivity index (χ2v) is 5.97. The third kappa shape index (κ3) is 1.33. The molecule has 2 saturated carbocycles. The molecular formula is C12H20O. The summed E-state index contributed by atoms with van der Waals surface area (Å²) in [5.41, 5.74) is 0.748. The minimum absolute atomic E-state index is 0.346. The molecule has 2 fully saturated rings. The Bertz CT molecular complexity index is 242. The molecule has 2 rings (SSSR count). The van der Waals surface area contributed by atoms with E-state index in [9.17, 15) is 4.79 Å². The van der Waals surface area contributed by atoms with Crippen LogP contribution in [0, 0.1) is 16.7 Å². The number of hydrogen-bond acceptors (Lipinski definition) is 1. The lowest BCUT2D eigenvalue weighted by Crippen LogP contribution is -2.38. The third-order valence-corrected chi connectivity index (χ3v) is 4.39. The van der Waals surface area contributed by atoms with Gasteiger partial charge in [-0.2, -0.15) is 0 Å².